The summed E-state index contributed by atoms with van der Waals surface area (Å²) < 4.78 is 0. The van der Waals surface area contributed by atoms with Crippen molar-refractivity contribution in [1.82, 2.24) is 5.32 Å². The van der Waals surface area contributed by atoms with Gasteiger partial charge < -0.3 is 21.3 Å². The van der Waals surface area contributed by atoms with Gasteiger partial charge in [0.15, 0.2) is 11.1 Å². The lowest BCUT2D eigenvalue weighted by Gasteiger charge is -2.11. The molecule has 0 fully saturated rings. The summed E-state index contributed by atoms with van der Waals surface area (Å²) in [6.45, 7) is 1.71. The Balaban J connectivity index is 1.55. The van der Waals surface area contributed by atoms with Gasteiger partial charge in [-0.05, 0) is 48.6 Å². The highest BCUT2D eigenvalue weighted by Gasteiger charge is 2.04. The standard InChI is InChI=1S/C16H17N5S/c22-16(20-12-4-2-1-3-5-12)21-14-8-6-13(7-9-14)19-15-17-10-11-18-15/h1-9H,10-11H2,(H2,17,18,19)(H2,20,21,22). The summed E-state index contributed by atoms with van der Waals surface area (Å²) in [6.07, 6.45) is 0. The fraction of sp³-hybridized carbons (Fsp3) is 0.125. The van der Waals surface area contributed by atoms with Crippen molar-refractivity contribution in [2.75, 3.05) is 29.0 Å². The molecule has 3 rings (SSSR count). The fourth-order valence-corrected chi connectivity index (χ4v) is 2.31. The van der Waals surface area contributed by atoms with Crippen LogP contribution in [0, 0.1) is 0 Å². The Kier molecular flexibility index (Phi) is 4.50. The highest BCUT2D eigenvalue weighted by atomic mass is 32.1. The van der Waals surface area contributed by atoms with Crippen LogP contribution in [-0.4, -0.2) is 24.2 Å². The number of hydrogen-bond donors (Lipinski definition) is 4. The summed E-state index contributed by atoms with van der Waals surface area (Å²) in [4.78, 5) is 4.30. The predicted octanol–water partition coefficient (Wildman–Crippen LogP) is 2.87. The van der Waals surface area contributed by atoms with E-state index in [2.05, 4.69) is 26.3 Å². The molecule has 1 aliphatic rings. The lowest BCUT2D eigenvalue weighted by Crippen LogP contribution is -2.26. The molecular weight excluding hydrogens is 294 g/mol. The number of rotatable bonds is 3. The lowest BCUT2D eigenvalue weighted by molar-refractivity contribution is 0.959. The van der Waals surface area contributed by atoms with Gasteiger partial charge in [-0.25, -0.2) is 0 Å². The summed E-state index contributed by atoms with van der Waals surface area (Å²) >= 11 is 5.30. The van der Waals surface area contributed by atoms with Crippen LogP contribution in [0.1, 0.15) is 0 Å². The van der Waals surface area contributed by atoms with Gasteiger partial charge in [-0.2, -0.15) is 0 Å². The highest BCUT2D eigenvalue weighted by Crippen LogP contribution is 2.14. The van der Waals surface area contributed by atoms with Gasteiger partial charge in [0.05, 0.1) is 6.54 Å². The van der Waals surface area contributed by atoms with Crippen molar-refractivity contribution in [2.45, 2.75) is 0 Å². The Morgan fingerprint density at radius 2 is 1.55 bits per heavy atom. The molecule has 2 aromatic rings. The molecule has 5 nitrogen and oxygen atoms in total. The first-order valence-electron chi connectivity index (χ1n) is 7.08. The molecule has 0 spiro atoms. The Morgan fingerprint density at radius 3 is 2.18 bits per heavy atom. The molecule has 0 saturated carbocycles. The van der Waals surface area contributed by atoms with E-state index in [4.69, 9.17) is 12.2 Å². The lowest BCUT2D eigenvalue weighted by atomic mass is 10.3. The zero-order chi connectivity index (χ0) is 15.2. The second kappa shape index (κ2) is 6.91. The van der Waals surface area contributed by atoms with Crippen molar-refractivity contribution in [3.63, 3.8) is 0 Å². The maximum atomic E-state index is 5.30. The molecule has 0 saturated heterocycles. The molecule has 6 heteroatoms. The van der Waals surface area contributed by atoms with Crippen LogP contribution < -0.4 is 21.3 Å². The van der Waals surface area contributed by atoms with Crippen molar-refractivity contribution in [1.29, 1.82) is 0 Å². The summed E-state index contributed by atoms with van der Waals surface area (Å²) in [7, 11) is 0. The van der Waals surface area contributed by atoms with Crippen LogP contribution in [0.3, 0.4) is 0 Å². The third-order valence-corrected chi connectivity index (χ3v) is 3.32. The van der Waals surface area contributed by atoms with E-state index in [1.165, 1.54) is 0 Å². The number of nitrogens with one attached hydrogen (secondary N) is 4. The van der Waals surface area contributed by atoms with Gasteiger partial charge in [-0.1, -0.05) is 18.2 Å². The normalized spacial score (nSPS) is 13.0. The third kappa shape index (κ3) is 3.95. The molecular formula is C16H17N5S. The summed E-state index contributed by atoms with van der Waals surface area (Å²) in [6, 6.07) is 17.7. The molecule has 2 aromatic carbocycles. The van der Waals surface area contributed by atoms with Crippen LogP contribution in [0.5, 0.6) is 0 Å². The van der Waals surface area contributed by atoms with Crippen molar-refractivity contribution in [3.8, 4) is 0 Å². The summed E-state index contributed by atoms with van der Waals surface area (Å²) in [5, 5.41) is 13.3. The van der Waals surface area contributed by atoms with E-state index in [1.807, 2.05) is 54.6 Å². The Labute approximate surface area is 134 Å². The van der Waals surface area contributed by atoms with Crippen molar-refractivity contribution >= 4 is 40.4 Å². The average molecular weight is 311 g/mol. The van der Waals surface area contributed by atoms with Crippen LogP contribution in [-0.2, 0) is 0 Å². The molecule has 0 radical (unpaired) electrons. The number of hydrogen-bond acceptors (Lipinski definition) is 4. The van der Waals surface area contributed by atoms with Crippen LogP contribution in [0.4, 0.5) is 17.1 Å². The van der Waals surface area contributed by atoms with E-state index in [0.717, 1.165) is 36.1 Å². The van der Waals surface area contributed by atoms with Gasteiger partial charge in [0, 0.05) is 23.6 Å². The predicted molar refractivity (Wildman–Crippen MR) is 96.7 cm³/mol. The van der Waals surface area contributed by atoms with Gasteiger partial charge in [0.1, 0.15) is 0 Å². The molecule has 1 aliphatic heterocycles. The molecule has 1 heterocycles. The molecule has 0 aromatic heterocycles. The largest absolute Gasteiger partial charge is 0.354 e. The van der Waals surface area contributed by atoms with Gasteiger partial charge in [0.2, 0.25) is 0 Å². The number of guanidine groups is 1. The molecule has 0 bridgehead atoms. The highest BCUT2D eigenvalue weighted by molar-refractivity contribution is 7.80. The topological polar surface area (TPSA) is 60.5 Å². The molecule has 112 valence electrons. The molecule has 22 heavy (non-hydrogen) atoms. The number of anilines is 3. The van der Waals surface area contributed by atoms with E-state index < -0.39 is 0 Å². The maximum absolute atomic E-state index is 5.30. The van der Waals surface area contributed by atoms with Crippen LogP contribution in [0.25, 0.3) is 0 Å². The van der Waals surface area contributed by atoms with Gasteiger partial charge in [0.25, 0.3) is 0 Å². The number of aliphatic imine (C=N–C) groups is 1. The molecule has 0 unspecified atom stereocenters. The van der Waals surface area contributed by atoms with E-state index in [9.17, 15) is 0 Å². The summed E-state index contributed by atoms with van der Waals surface area (Å²) in [5.41, 5.74) is 2.88. The molecule has 0 aliphatic carbocycles. The minimum atomic E-state index is 0.564. The fourth-order valence-electron chi connectivity index (χ4n) is 2.07. The zero-order valence-corrected chi connectivity index (χ0v) is 12.8. The molecule has 0 atom stereocenters. The third-order valence-electron chi connectivity index (χ3n) is 3.11. The van der Waals surface area contributed by atoms with E-state index in [0.29, 0.717) is 5.11 Å². The second-order valence-electron chi connectivity index (χ2n) is 4.80. The number of thiocarbonyl (C=S) groups is 1. The molecule has 4 N–H and O–H groups in total. The number of benzene rings is 2. The van der Waals surface area contributed by atoms with Gasteiger partial charge in [-0.3, -0.25) is 4.99 Å². The van der Waals surface area contributed by atoms with E-state index in [1.54, 1.807) is 0 Å². The Morgan fingerprint density at radius 1 is 0.909 bits per heavy atom. The van der Waals surface area contributed by atoms with Crippen molar-refractivity contribution in [3.05, 3.63) is 54.6 Å². The van der Waals surface area contributed by atoms with E-state index >= 15 is 0 Å². The zero-order valence-electron chi connectivity index (χ0n) is 12.0. The minimum Gasteiger partial charge on any atom is -0.354 e. The van der Waals surface area contributed by atoms with Gasteiger partial charge >= 0.3 is 0 Å². The van der Waals surface area contributed by atoms with E-state index in [-0.39, 0.29) is 0 Å². The van der Waals surface area contributed by atoms with Crippen molar-refractivity contribution < 1.29 is 0 Å². The number of nitrogens with zero attached hydrogens (tertiary/aromatic N) is 1. The van der Waals surface area contributed by atoms with Crippen LogP contribution >= 0.6 is 12.2 Å². The summed E-state index contributed by atoms with van der Waals surface area (Å²) in [5.74, 6) is 0.821. The Bertz CT molecular complexity index is 667. The van der Waals surface area contributed by atoms with Gasteiger partial charge in [-0.15, -0.1) is 0 Å². The first kappa shape index (κ1) is 14.3. The average Bonchev–Trinajstić information content (AvgIpc) is 3.03. The monoisotopic (exact) mass is 311 g/mol. The van der Waals surface area contributed by atoms with Crippen molar-refractivity contribution in [2.24, 2.45) is 4.99 Å². The first-order chi connectivity index (χ1) is 10.8. The SMILES string of the molecule is S=C(Nc1ccccc1)Nc1ccc(NC2=NCCN2)cc1. The molecule has 0 amide bonds. The number of para-hydroxylation sites is 1. The second-order valence-corrected chi connectivity index (χ2v) is 5.21. The first-order valence-corrected chi connectivity index (χ1v) is 7.49. The van der Waals surface area contributed by atoms with Crippen LogP contribution in [0.15, 0.2) is 59.6 Å². The minimum absolute atomic E-state index is 0.564. The van der Waals surface area contributed by atoms with Crippen LogP contribution in [0.2, 0.25) is 0 Å². The maximum Gasteiger partial charge on any atom is 0.195 e. The quantitative estimate of drug-likeness (QED) is 0.657. The Hall–Kier alpha value is -2.60. The smallest absolute Gasteiger partial charge is 0.195 e.